The van der Waals surface area contributed by atoms with Gasteiger partial charge < -0.3 is 0 Å². The third-order valence-electron chi connectivity index (χ3n) is 3.10. The molecule has 18 heavy (non-hydrogen) atoms. The van der Waals surface area contributed by atoms with Crippen molar-refractivity contribution in [3.63, 3.8) is 0 Å². The lowest BCUT2D eigenvalue weighted by atomic mass is 10.2. The molecular weight excluding hydrogens is 248 g/mol. The van der Waals surface area contributed by atoms with E-state index in [1.54, 1.807) is 31.3 Å². The molecular formula is C13H18N2O2S. The summed E-state index contributed by atoms with van der Waals surface area (Å²) in [6, 6.07) is 8.47. The fraction of sp³-hybridized carbons (Fsp3) is 0.462. The summed E-state index contributed by atoms with van der Waals surface area (Å²) >= 11 is 0. The third-order valence-corrected chi connectivity index (χ3v) is 5.08. The molecule has 0 N–H and O–H groups in total. The van der Waals surface area contributed by atoms with Crippen LogP contribution in [0.3, 0.4) is 0 Å². The standard InChI is InChI=1S/C13H18N2O2S/c1-4-11(2)15(3)18(16,17)13-7-5-12(6-8-13)9-10-14/h5-8,11H,4,9H2,1-3H3. The van der Waals surface area contributed by atoms with Gasteiger partial charge in [0.1, 0.15) is 0 Å². The first-order valence-electron chi connectivity index (χ1n) is 5.87. The zero-order chi connectivity index (χ0) is 13.8. The Hall–Kier alpha value is -1.38. The quantitative estimate of drug-likeness (QED) is 0.820. The molecule has 0 aromatic heterocycles. The van der Waals surface area contributed by atoms with Crippen molar-refractivity contribution >= 4 is 10.0 Å². The van der Waals surface area contributed by atoms with Crippen molar-refractivity contribution < 1.29 is 8.42 Å². The maximum atomic E-state index is 12.3. The van der Waals surface area contributed by atoms with Gasteiger partial charge in [-0.2, -0.15) is 9.57 Å². The largest absolute Gasteiger partial charge is 0.243 e. The second-order valence-corrected chi connectivity index (χ2v) is 6.25. The first-order chi connectivity index (χ1) is 8.43. The van der Waals surface area contributed by atoms with Gasteiger partial charge in [-0.05, 0) is 31.0 Å². The zero-order valence-corrected chi connectivity index (χ0v) is 11.7. The fourth-order valence-corrected chi connectivity index (χ4v) is 2.97. The van der Waals surface area contributed by atoms with Gasteiger partial charge >= 0.3 is 0 Å². The molecule has 1 aromatic rings. The predicted octanol–water partition coefficient (Wildman–Crippen LogP) is 2.17. The molecule has 0 spiro atoms. The SMILES string of the molecule is CCC(C)N(C)S(=O)(=O)c1ccc(CC#N)cc1. The highest BCUT2D eigenvalue weighted by Crippen LogP contribution is 2.18. The average molecular weight is 266 g/mol. The molecule has 0 heterocycles. The van der Waals surface area contributed by atoms with Crippen LogP contribution in [0.2, 0.25) is 0 Å². The molecule has 1 unspecified atom stereocenters. The van der Waals surface area contributed by atoms with Crippen LogP contribution in [0.4, 0.5) is 0 Å². The molecule has 0 saturated carbocycles. The van der Waals surface area contributed by atoms with E-state index in [0.717, 1.165) is 12.0 Å². The summed E-state index contributed by atoms with van der Waals surface area (Å²) in [6.07, 6.45) is 1.06. The molecule has 0 aliphatic heterocycles. The zero-order valence-electron chi connectivity index (χ0n) is 10.9. The molecule has 1 atom stereocenters. The summed E-state index contributed by atoms with van der Waals surface area (Å²) in [6.45, 7) is 3.83. The molecule has 4 nitrogen and oxygen atoms in total. The number of rotatable bonds is 5. The van der Waals surface area contributed by atoms with Crippen LogP contribution in [0.5, 0.6) is 0 Å². The second kappa shape index (κ2) is 5.98. The lowest BCUT2D eigenvalue weighted by Crippen LogP contribution is -2.34. The molecule has 0 aliphatic rings. The molecule has 5 heteroatoms. The molecule has 0 saturated heterocycles. The van der Waals surface area contributed by atoms with Crippen molar-refractivity contribution in [2.45, 2.75) is 37.6 Å². The molecule has 0 aliphatic carbocycles. The Morgan fingerprint density at radius 2 is 1.89 bits per heavy atom. The minimum Gasteiger partial charge on any atom is -0.207 e. The number of nitriles is 1. The lowest BCUT2D eigenvalue weighted by molar-refractivity contribution is 0.380. The van der Waals surface area contributed by atoms with Gasteiger partial charge in [0.2, 0.25) is 10.0 Å². The Balaban J connectivity index is 3.03. The lowest BCUT2D eigenvalue weighted by Gasteiger charge is -2.23. The van der Waals surface area contributed by atoms with E-state index in [2.05, 4.69) is 0 Å². The number of hydrogen-bond donors (Lipinski definition) is 0. The maximum Gasteiger partial charge on any atom is 0.243 e. The van der Waals surface area contributed by atoms with Crippen LogP contribution in [0.1, 0.15) is 25.8 Å². The molecule has 1 rings (SSSR count). The Morgan fingerprint density at radius 3 is 2.33 bits per heavy atom. The third kappa shape index (κ3) is 3.09. The predicted molar refractivity (Wildman–Crippen MR) is 70.5 cm³/mol. The van der Waals surface area contributed by atoms with Crippen LogP contribution in [0.15, 0.2) is 29.2 Å². The average Bonchev–Trinajstić information content (AvgIpc) is 2.38. The van der Waals surface area contributed by atoms with Crippen LogP contribution < -0.4 is 0 Å². The van der Waals surface area contributed by atoms with Gasteiger partial charge in [0.15, 0.2) is 0 Å². The fourth-order valence-electron chi connectivity index (χ4n) is 1.53. The van der Waals surface area contributed by atoms with E-state index >= 15 is 0 Å². The Bertz CT molecular complexity index is 529. The van der Waals surface area contributed by atoms with E-state index in [-0.39, 0.29) is 10.9 Å². The molecule has 0 bridgehead atoms. The molecule has 0 radical (unpaired) electrons. The summed E-state index contributed by atoms with van der Waals surface area (Å²) in [5.41, 5.74) is 0.822. The van der Waals surface area contributed by atoms with E-state index in [9.17, 15) is 8.42 Å². The molecule has 1 aromatic carbocycles. The number of nitrogens with zero attached hydrogens (tertiary/aromatic N) is 2. The first-order valence-corrected chi connectivity index (χ1v) is 7.31. The van der Waals surface area contributed by atoms with E-state index < -0.39 is 10.0 Å². The van der Waals surface area contributed by atoms with Gasteiger partial charge in [-0.1, -0.05) is 19.1 Å². The van der Waals surface area contributed by atoms with Crippen molar-refractivity contribution in [1.82, 2.24) is 4.31 Å². The minimum atomic E-state index is -3.43. The monoisotopic (exact) mass is 266 g/mol. The van der Waals surface area contributed by atoms with Gasteiger partial charge in [0.05, 0.1) is 17.4 Å². The smallest absolute Gasteiger partial charge is 0.207 e. The Morgan fingerprint density at radius 1 is 1.33 bits per heavy atom. The van der Waals surface area contributed by atoms with Gasteiger partial charge in [0, 0.05) is 13.1 Å². The topological polar surface area (TPSA) is 61.2 Å². The normalized spacial score (nSPS) is 13.3. The van der Waals surface area contributed by atoms with E-state index in [1.165, 1.54) is 4.31 Å². The van der Waals surface area contributed by atoms with Crippen molar-refractivity contribution in [3.05, 3.63) is 29.8 Å². The van der Waals surface area contributed by atoms with Crippen molar-refractivity contribution in [1.29, 1.82) is 5.26 Å². The van der Waals surface area contributed by atoms with Gasteiger partial charge in [-0.15, -0.1) is 0 Å². The summed E-state index contributed by atoms with van der Waals surface area (Å²) in [5, 5.41) is 8.57. The van der Waals surface area contributed by atoms with Crippen molar-refractivity contribution in [2.75, 3.05) is 7.05 Å². The van der Waals surface area contributed by atoms with Gasteiger partial charge in [-0.3, -0.25) is 0 Å². The maximum absolute atomic E-state index is 12.3. The number of benzene rings is 1. The first kappa shape index (κ1) is 14.7. The summed E-state index contributed by atoms with van der Waals surface area (Å²) in [5.74, 6) is 0. The van der Waals surface area contributed by atoms with Crippen LogP contribution >= 0.6 is 0 Å². The van der Waals surface area contributed by atoms with Gasteiger partial charge in [-0.25, -0.2) is 8.42 Å². The molecule has 0 fully saturated rings. The van der Waals surface area contributed by atoms with E-state index in [4.69, 9.17) is 5.26 Å². The molecule has 98 valence electrons. The Labute approximate surface area is 109 Å². The number of sulfonamides is 1. The number of hydrogen-bond acceptors (Lipinski definition) is 3. The summed E-state index contributed by atoms with van der Waals surface area (Å²) in [4.78, 5) is 0.270. The highest BCUT2D eigenvalue weighted by Gasteiger charge is 2.24. The van der Waals surface area contributed by atoms with Crippen LogP contribution in [-0.2, 0) is 16.4 Å². The van der Waals surface area contributed by atoms with E-state index in [0.29, 0.717) is 6.42 Å². The minimum absolute atomic E-state index is 0.0335. The van der Waals surface area contributed by atoms with Crippen molar-refractivity contribution in [2.24, 2.45) is 0 Å². The Kier molecular flexibility index (Phi) is 4.88. The highest BCUT2D eigenvalue weighted by molar-refractivity contribution is 7.89. The van der Waals surface area contributed by atoms with Crippen LogP contribution in [0, 0.1) is 11.3 Å². The van der Waals surface area contributed by atoms with Crippen LogP contribution in [-0.4, -0.2) is 25.8 Å². The summed E-state index contributed by atoms with van der Waals surface area (Å²) in [7, 11) is -1.84. The highest BCUT2D eigenvalue weighted by atomic mass is 32.2. The van der Waals surface area contributed by atoms with E-state index in [1.807, 2.05) is 19.9 Å². The molecule has 0 amide bonds. The summed E-state index contributed by atoms with van der Waals surface area (Å²) < 4.78 is 25.9. The van der Waals surface area contributed by atoms with Crippen LogP contribution in [0.25, 0.3) is 0 Å². The van der Waals surface area contributed by atoms with Gasteiger partial charge in [0.25, 0.3) is 0 Å². The second-order valence-electron chi connectivity index (χ2n) is 4.26. The van der Waals surface area contributed by atoms with Crippen molar-refractivity contribution in [3.8, 4) is 6.07 Å².